The van der Waals surface area contributed by atoms with Gasteiger partial charge in [-0.25, -0.2) is 4.79 Å². The maximum absolute atomic E-state index is 12.7. The van der Waals surface area contributed by atoms with Gasteiger partial charge in [-0.05, 0) is 80.6 Å². The zero-order valence-corrected chi connectivity index (χ0v) is 31.2. The number of nitrogens with one attached hydrogen (secondary N) is 2. The number of ether oxygens (including phenoxy) is 6. The highest BCUT2D eigenvalue weighted by molar-refractivity contribution is 6.32. The topological polar surface area (TPSA) is 150 Å². The number of fused-ring (bicyclic) bond motifs is 1. The molecule has 1 aliphatic heterocycles. The molecule has 0 saturated heterocycles. The van der Waals surface area contributed by atoms with Crippen molar-refractivity contribution >= 4 is 23.7 Å². The summed E-state index contributed by atoms with van der Waals surface area (Å²) in [6.45, 7) is 9.04. The lowest BCUT2D eigenvalue weighted by atomic mass is 9.96. The highest BCUT2D eigenvalue weighted by atomic mass is 35.5. The van der Waals surface area contributed by atoms with Gasteiger partial charge in [-0.1, -0.05) is 35.9 Å². The molecule has 3 aromatic carbocycles. The number of amides is 1. The summed E-state index contributed by atoms with van der Waals surface area (Å²) in [7, 11) is 1.30. The predicted octanol–water partition coefficient (Wildman–Crippen LogP) is 7.06. The van der Waals surface area contributed by atoms with Gasteiger partial charge in [-0.3, -0.25) is 9.78 Å². The van der Waals surface area contributed by atoms with Crippen molar-refractivity contribution in [2.24, 2.45) is 0 Å². The van der Waals surface area contributed by atoms with E-state index in [0.29, 0.717) is 52.2 Å². The molecule has 53 heavy (non-hydrogen) atoms. The quantitative estimate of drug-likeness (QED) is 0.128. The van der Waals surface area contributed by atoms with Crippen LogP contribution >= 0.6 is 11.6 Å². The number of rotatable bonds is 14. The first-order valence-electron chi connectivity index (χ1n) is 17.1. The van der Waals surface area contributed by atoms with Crippen molar-refractivity contribution in [3.63, 3.8) is 0 Å². The van der Waals surface area contributed by atoms with Gasteiger partial charge in [0.1, 0.15) is 55.6 Å². The Balaban J connectivity index is 1.34. The van der Waals surface area contributed by atoms with E-state index in [9.17, 15) is 14.9 Å². The lowest BCUT2D eigenvalue weighted by Crippen LogP contribution is -2.41. The highest BCUT2D eigenvalue weighted by Crippen LogP contribution is 2.37. The van der Waals surface area contributed by atoms with Crippen LogP contribution < -0.4 is 29.6 Å². The number of methoxy groups -OCH3 is 1. The number of carbonyl (C=O) groups is 2. The number of nitrogens with zero attached hydrogens (tertiary/aromatic N) is 2. The molecule has 13 heteroatoms. The van der Waals surface area contributed by atoms with Crippen molar-refractivity contribution in [1.29, 1.82) is 5.26 Å². The molecule has 0 saturated carbocycles. The second-order valence-corrected chi connectivity index (χ2v) is 13.7. The van der Waals surface area contributed by atoms with E-state index in [0.717, 1.165) is 28.0 Å². The first kappa shape index (κ1) is 38.7. The number of benzene rings is 3. The Morgan fingerprint density at radius 2 is 1.75 bits per heavy atom. The van der Waals surface area contributed by atoms with Gasteiger partial charge < -0.3 is 39.1 Å². The minimum Gasteiger partial charge on any atom is -0.488 e. The monoisotopic (exact) mass is 742 g/mol. The summed E-state index contributed by atoms with van der Waals surface area (Å²) in [5.74, 6) is 1.78. The van der Waals surface area contributed by atoms with Crippen LogP contribution in [0.15, 0.2) is 67.0 Å². The number of aromatic nitrogens is 1. The van der Waals surface area contributed by atoms with Crippen LogP contribution in [0, 0.1) is 18.3 Å². The number of halogens is 1. The molecule has 1 atom stereocenters. The molecule has 0 spiro atoms. The molecule has 1 amide bonds. The maximum atomic E-state index is 12.7. The van der Waals surface area contributed by atoms with E-state index in [-0.39, 0.29) is 32.7 Å². The standard InChI is InChI=1S/C40H43ClN4O8/c1-25-29(7-6-8-31(25)28-9-10-34-37(17-28)50-14-13-49-34)24-52-36-18-35(51-23-27-15-26(19-42)20-43-21-27)30(16-32(36)41)22-45-33(38(46)48-5)11-12-44-39(47)53-40(2,3)4/h6-10,15-18,20-21,33,45H,11-14,22-24H2,1-5H3,(H,44,47). The predicted molar refractivity (Wildman–Crippen MR) is 198 cm³/mol. The number of nitriles is 1. The molecule has 0 radical (unpaired) electrons. The van der Waals surface area contributed by atoms with E-state index in [2.05, 4.69) is 27.8 Å². The summed E-state index contributed by atoms with van der Waals surface area (Å²) in [4.78, 5) is 29.0. The Hall–Kier alpha value is -5.51. The normalized spacial score (nSPS) is 12.6. The van der Waals surface area contributed by atoms with E-state index in [1.54, 1.807) is 45.2 Å². The van der Waals surface area contributed by atoms with Crippen LogP contribution in [-0.2, 0) is 34.0 Å². The Bertz CT molecular complexity index is 1970. The molecule has 0 fully saturated rings. The van der Waals surface area contributed by atoms with Gasteiger partial charge in [0.25, 0.3) is 0 Å². The minimum atomic E-state index is -0.765. The van der Waals surface area contributed by atoms with Crippen LogP contribution in [-0.4, -0.2) is 55.6 Å². The molecule has 2 N–H and O–H groups in total. The first-order valence-corrected chi connectivity index (χ1v) is 17.5. The van der Waals surface area contributed by atoms with E-state index in [1.807, 2.05) is 37.3 Å². The number of esters is 1. The summed E-state index contributed by atoms with van der Waals surface area (Å²) in [6.07, 6.45) is 2.74. The zero-order valence-electron chi connectivity index (χ0n) is 30.4. The van der Waals surface area contributed by atoms with Gasteiger partial charge >= 0.3 is 12.1 Å². The molecular formula is C40H43ClN4O8. The van der Waals surface area contributed by atoms with Gasteiger partial charge in [0.05, 0.1) is 17.7 Å². The van der Waals surface area contributed by atoms with Crippen molar-refractivity contribution in [3.8, 4) is 40.2 Å². The summed E-state index contributed by atoms with van der Waals surface area (Å²) < 4.78 is 34.4. The Morgan fingerprint density at radius 3 is 2.51 bits per heavy atom. The van der Waals surface area contributed by atoms with Gasteiger partial charge in [-0.15, -0.1) is 0 Å². The molecular weight excluding hydrogens is 700 g/mol. The number of pyridine rings is 1. The van der Waals surface area contributed by atoms with Crippen molar-refractivity contribution in [2.45, 2.75) is 65.5 Å². The largest absolute Gasteiger partial charge is 0.488 e. The number of alkyl carbamates (subject to hydrolysis) is 1. The molecule has 12 nitrogen and oxygen atoms in total. The van der Waals surface area contributed by atoms with E-state index < -0.39 is 23.7 Å². The van der Waals surface area contributed by atoms with Gasteiger partial charge in [0.2, 0.25) is 0 Å². The number of hydrogen-bond acceptors (Lipinski definition) is 11. The fourth-order valence-corrected chi connectivity index (χ4v) is 5.82. The Labute approximate surface area is 314 Å². The molecule has 1 aromatic heterocycles. The van der Waals surface area contributed by atoms with Crippen LogP contribution in [0.25, 0.3) is 11.1 Å². The van der Waals surface area contributed by atoms with Crippen molar-refractivity contribution in [3.05, 3.63) is 99.8 Å². The third-order valence-corrected chi connectivity index (χ3v) is 8.54. The zero-order chi connectivity index (χ0) is 38.0. The number of hydrogen-bond donors (Lipinski definition) is 2. The summed E-state index contributed by atoms with van der Waals surface area (Å²) in [5.41, 5.74) is 5.11. The third kappa shape index (κ3) is 10.8. The van der Waals surface area contributed by atoms with Gasteiger partial charge in [0, 0.05) is 42.7 Å². The second-order valence-electron chi connectivity index (χ2n) is 13.3. The average Bonchev–Trinajstić information content (AvgIpc) is 3.14. The summed E-state index contributed by atoms with van der Waals surface area (Å²) in [6, 6.07) is 18.4. The van der Waals surface area contributed by atoms with Crippen LogP contribution in [0.4, 0.5) is 4.79 Å². The molecule has 0 aliphatic carbocycles. The van der Waals surface area contributed by atoms with Crippen LogP contribution in [0.3, 0.4) is 0 Å². The van der Waals surface area contributed by atoms with Crippen molar-refractivity contribution in [1.82, 2.24) is 15.6 Å². The van der Waals surface area contributed by atoms with Crippen LogP contribution in [0.2, 0.25) is 5.02 Å². The molecule has 1 aliphatic rings. The van der Waals surface area contributed by atoms with E-state index >= 15 is 0 Å². The molecule has 5 rings (SSSR count). The third-order valence-electron chi connectivity index (χ3n) is 8.24. The van der Waals surface area contributed by atoms with Crippen molar-refractivity contribution < 1.29 is 38.0 Å². The fraction of sp³-hybridized carbons (Fsp3) is 0.350. The average molecular weight is 743 g/mol. The lowest BCUT2D eigenvalue weighted by Gasteiger charge is -2.21. The molecule has 1 unspecified atom stereocenters. The smallest absolute Gasteiger partial charge is 0.407 e. The Kier molecular flexibility index (Phi) is 13.0. The second kappa shape index (κ2) is 17.8. The lowest BCUT2D eigenvalue weighted by molar-refractivity contribution is -0.143. The highest BCUT2D eigenvalue weighted by Gasteiger charge is 2.22. The molecule has 4 aromatic rings. The van der Waals surface area contributed by atoms with Gasteiger partial charge in [-0.2, -0.15) is 5.26 Å². The minimum absolute atomic E-state index is 0.105. The SMILES string of the molecule is COC(=O)C(CCNC(=O)OC(C)(C)C)NCc1cc(Cl)c(OCc2cccc(-c3ccc4c(c3)OCCO4)c2C)cc1OCc1cncc(C#N)c1. The maximum Gasteiger partial charge on any atom is 0.407 e. The number of carbonyl (C=O) groups excluding carboxylic acids is 2. The van der Waals surface area contributed by atoms with E-state index in [4.69, 9.17) is 40.0 Å². The van der Waals surface area contributed by atoms with Crippen molar-refractivity contribution in [2.75, 3.05) is 26.9 Å². The van der Waals surface area contributed by atoms with Crippen LogP contribution in [0.5, 0.6) is 23.0 Å². The fourth-order valence-electron chi connectivity index (χ4n) is 5.58. The summed E-state index contributed by atoms with van der Waals surface area (Å²) in [5, 5.41) is 15.5. The van der Waals surface area contributed by atoms with Gasteiger partial charge in [0.15, 0.2) is 11.5 Å². The summed E-state index contributed by atoms with van der Waals surface area (Å²) >= 11 is 6.80. The van der Waals surface area contributed by atoms with Crippen LogP contribution in [0.1, 0.15) is 55.0 Å². The molecule has 278 valence electrons. The first-order chi connectivity index (χ1) is 25.4. The Morgan fingerprint density at radius 1 is 0.981 bits per heavy atom. The molecule has 2 heterocycles. The molecule has 0 bridgehead atoms. The van der Waals surface area contributed by atoms with E-state index in [1.165, 1.54) is 13.3 Å².